The zero-order valence-corrected chi connectivity index (χ0v) is 8.98. The van der Waals surface area contributed by atoms with E-state index in [1.807, 2.05) is 0 Å². The largest absolute Gasteiger partial charge is 0.465 e. The minimum atomic E-state index is -0.846. The molecule has 1 aromatic rings. The number of nitrogens with zero attached hydrogens (tertiary/aromatic N) is 1. The summed E-state index contributed by atoms with van der Waals surface area (Å²) in [5, 5.41) is 9.83. The number of hydroxylamine groups is 2. The number of carbonyl (C=O) groups is 1. The van der Waals surface area contributed by atoms with E-state index in [0.717, 1.165) is 11.1 Å². The Morgan fingerprint density at radius 3 is 2.69 bits per heavy atom. The van der Waals surface area contributed by atoms with Crippen molar-refractivity contribution in [1.82, 2.24) is 5.06 Å². The average Bonchev–Trinajstić information content (AvgIpc) is 2.26. The normalized spacial score (nSPS) is 12.6. The molecule has 88 valence electrons. The zero-order valence-electron chi connectivity index (χ0n) is 8.98. The molecular weight excluding hydrogens is 215 g/mol. The van der Waals surface area contributed by atoms with Gasteiger partial charge in [0.25, 0.3) is 0 Å². The van der Waals surface area contributed by atoms with Gasteiger partial charge in [-0.05, 0) is 17.7 Å². The smallest absolute Gasteiger partial charge is 0.340 e. The lowest BCUT2D eigenvalue weighted by Gasteiger charge is -2.18. The first-order valence-electron chi connectivity index (χ1n) is 4.52. The monoisotopic (exact) mass is 228 g/mol. The van der Waals surface area contributed by atoms with Gasteiger partial charge in [0, 0.05) is 7.05 Å². The molecule has 1 unspecified atom stereocenters. The molecule has 5 nitrogen and oxygen atoms in total. The Balaban J connectivity index is 3.04. The highest BCUT2D eigenvalue weighted by atomic mass is 19.1. The number of methoxy groups -OCH3 is 1. The van der Waals surface area contributed by atoms with E-state index in [-0.39, 0.29) is 5.56 Å². The lowest BCUT2D eigenvalue weighted by molar-refractivity contribution is -0.102. The van der Waals surface area contributed by atoms with E-state index in [2.05, 4.69) is 4.74 Å². The van der Waals surface area contributed by atoms with Crippen LogP contribution in [0.5, 0.6) is 0 Å². The maximum Gasteiger partial charge on any atom is 0.340 e. The van der Waals surface area contributed by atoms with Crippen LogP contribution in [0.3, 0.4) is 0 Å². The van der Waals surface area contributed by atoms with Crippen molar-refractivity contribution in [3.63, 3.8) is 0 Å². The van der Waals surface area contributed by atoms with Gasteiger partial charge in [0.1, 0.15) is 12.0 Å². The quantitative estimate of drug-likeness (QED) is 0.456. The maximum atomic E-state index is 13.5. The Morgan fingerprint density at radius 1 is 1.62 bits per heavy atom. The molecule has 1 rings (SSSR count). The highest BCUT2D eigenvalue weighted by molar-refractivity contribution is 5.89. The molecule has 0 aliphatic carbocycles. The molecule has 0 saturated heterocycles. The molecule has 1 atom stereocenters. The van der Waals surface area contributed by atoms with Gasteiger partial charge >= 0.3 is 5.97 Å². The van der Waals surface area contributed by atoms with Gasteiger partial charge in [-0.25, -0.2) is 9.18 Å². The lowest BCUT2D eigenvalue weighted by atomic mass is 10.1. The number of hydrogen-bond donors (Lipinski definition) is 2. The maximum absolute atomic E-state index is 13.5. The first-order chi connectivity index (χ1) is 7.47. The summed E-state index contributed by atoms with van der Waals surface area (Å²) in [6.07, 6.45) is -0.846. The molecule has 0 aromatic heterocycles. The van der Waals surface area contributed by atoms with Gasteiger partial charge in [0.05, 0.1) is 12.7 Å². The number of halogens is 1. The van der Waals surface area contributed by atoms with E-state index in [1.54, 1.807) is 0 Å². The molecular formula is C10H13FN2O3. The molecule has 0 aliphatic rings. The highest BCUT2D eigenvalue weighted by Gasteiger charge is 2.16. The van der Waals surface area contributed by atoms with Gasteiger partial charge in [-0.2, -0.15) is 5.06 Å². The second kappa shape index (κ2) is 5.02. The van der Waals surface area contributed by atoms with Crippen LogP contribution in [0.1, 0.15) is 22.1 Å². The number of nitrogens with two attached hydrogens (primary N) is 1. The minimum absolute atomic E-state index is 0.168. The van der Waals surface area contributed by atoms with Crippen LogP contribution in [0.4, 0.5) is 4.39 Å². The van der Waals surface area contributed by atoms with Crippen molar-refractivity contribution < 1.29 is 19.1 Å². The molecule has 1 aromatic carbocycles. The topological polar surface area (TPSA) is 75.8 Å². The molecule has 0 amide bonds. The van der Waals surface area contributed by atoms with Gasteiger partial charge < -0.3 is 15.7 Å². The molecule has 0 heterocycles. The fourth-order valence-corrected chi connectivity index (χ4v) is 1.21. The third-order valence-corrected chi connectivity index (χ3v) is 2.14. The molecule has 16 heavy (non-hydrogen) atoms. The molecule has 0 radical (unpaired) electrons. The molecule has 0 aliphatic heterocycles. The lowest BCUT2D eigenvalue weighted by Crippen LogP contribution is -2.28. The summed E-state index contributed by atoms with van der Waals surface area (Å²) in [7, 11) is 2.51. The van der Waals surface area contributed by atoms with Crippen LogP contribution in [0, 0.1) is 5.82 Å². The Hall–Kier alpha value is -1.50. The van der Waals surface area contributed by atoms with Crippen LogP contribution in [0.2, 0.25) is 0 Å². The summed E-state index contributed by atoms with van der Waals surface area (Å²) in [4.78, 5) is 11.1. The van der Waals surface area contributed by atoms with Crippen molar-refractivity contribution in [2.75, 3.05) is 14.2 Å². The number of benzene rings is 1. The van der Waals surface area contributed by atoms with Gasteiger partial charge in [0.2, 0.25) is 0 Å². The average molecular weight is 228 g/mol. The second-order valence-corrected chi connectivity index (χ2v) is 3.25. The van der Waals surface area contributed by atoms with Crippen molar-refractivity contribution in [2.45, 2.75) is 6.17 Å². The van der Waals surface area contributed by atoms with E-state index < -0.39 is 18.0 Å². The van der Waals surface area contributed by atoms with Crippen molar-refractivity contribution >= 4 is 5.97 Å². The van der Waals surface area contributed by atoms with E-state index >= 15 is 0 Å². The summed E-state index contributed by atoms with van der Waals surface area (Å²) in [5.41, 5.74) is 5.75. The van der Waals surface area contributed by atoms with Gasteiger partial charge in [-0.1, -0.05) is 6.07 Å². The van der Waals surface area contributed by atoms with Gasteiger partial charge in [-0.3, -0.25) is 0 Å². The zero-order chi connectivity index (χ0) is 12.3. The number of hydrogen-bond acceptors (Lipinski definition) is 5. The van der Waals surface area contributed by atoms with Crippen molar-refractivity contribution in [2.24, 2.45) is 5.73 Å². The van der Waals surface area contributed by atoms with E-state index in [1.165, 1.54) is 26.3 Å². The Kier molecular flexibility index (Phi) is 3.94. The van der Waals surface area contributed by atoms with E-state index in [0.29, 0.717) is 5.56 Å². The molecule has 6 heteroatoms. The Morgan fingerprint density at radius 2 is 2.25 bits per heavy atom. The third-order valence-electron chi connectivity index (χ3n) is 2.14. The second-order valence-electron chi connectivity index (χ2n) is 3.25. The number of rotatable bonds is 3. The predicted molar refractivity (Wildman–Crippen MR) is 54.2 cm³/mol. The molecule has 3 N–H and O–H groups in total. The fraction of sp³-hybridized carbons (Fsp3) is 0.300. The number of carbonyl (C=O) groups excluding carboxylic acids is 1. The molecule has 0 spiro atoms. The van der Waals surface area contributed by atoms with Crippen LogP contribution in [-0.2, 0) is 4.74 Å². The summed E-state index contributed by atoms with van der Waals surface area (Å²) in [6, 6.07) is 3.80. The van der Waals surface area contributed by atoms with Crippen molar-refractivity contribution in [3.05, 3.63) is 35.1 Å². The number of esters is 1. The van der Waals surface area contributed by atoms with E-state index in [9.17, 15) is 9.18 Å². The van der Waals surface area contributed by atoms with Crippen LogP contribution >= 0.6 is 0 Å². The summed E-state index contributed by atoms with van der Waals surface area (Å²) < 4.78 is 17.8. The van der Waals surface area contributed by atoms with E-state index in [4.69, 9.17) is 10.9 Å². The third kappa shape index (κ3) is 2.54. The molecule has 0 fully saturated rings. The standard InChI is InChI=1S/C10H13FN2O3/c1-13(15)9(12)6-3-4-7(8(11)5-6)10(14)16-2/h3-5,9,15H,12H2,1-2H3. The van der Waals surface area contributed by atoms with Crippen LogP contribution < -0.4 is 5.73 Å². The first-order valence-corrected chi connectivity index (χ1v) is 4.52. The van der Waals surface area contributed by atoms with Crippen molar-refractivity contribution in [1.29, 1.82) is 0 Å². The minimum Gasteiger partial charge on any atom is -0.465 e. The number of ether oxygens (including phenoxy) is 1. The Bertz CT molecular complexity index is 396. The molecule has 0 saturated carbocycles. The Labute approximate surface area is 92.2 Å². The highest BCUT2D eigenvalue weighted by Crippen LogP contribution is 2.17. The fourth-order valence-electron chi connectivity index (χ4n) is 1.21. The molecule has 0 bridgehead atoms. The predicted octanol–water partition coefficient (Wildman–Crippen LogP) is 0.891. The van der Waals surface area contributed by atoms with Crippen molar-refractivity contribution in [3.8, 4) is 0 Å². The van der Waals surface area contributed by atoms with Gasteiger partial charge in [-0.15, -0.1) is 0 Å². The van der Waals surface area contributed by atoms with Crippen LogP contribution in [0.25, 0.3) is 0 Å². The first kappa shape index (κ1) is 12.6. The summed E-state index contributed by atoms with van der Waals surface area (Å²) in [5.74, 6) is -1.49. The van der Waals surface area contributed by atoms with Crippen LogP contribution in [0.15, 0.2) is 18.2 Å². The summed E-state index contributed by atoms with van der Waals surface area (Å²) in [6.45, 7) is 0. The SMILES string of the molecule is COC(=O)c1ccc(C(N)N(C)O)cc1F. The summed E-state index contributed by atoms with van der Waals surface area (Å²) >= 11 is 0. The van der Waals surface area contributed by atoms with Crippen LogP contribution in [-0.4, -0.2) is 30.4 Å². The van der Waals surface area contributed by atoms with Gasteiger partial charge in [0.15, 0.2) is 0 Å².